The molecule has 130 valence electrons. The van der Waals surface area contributed by atoms with Gasteiger partial charge in [0.1, 0.15) is 5.75 Å². The summed E-state index contributed by atoms with van der Waals surface area (Å²) < 4.78 is 5.94. The van der Waals surface area contributed by atoms with E-state index >= 15 is 0 Å². The van der Waals surface area contributed by atoms with Gasteiger partial charge >= 0.3 is 0 Å². The lowest BCUT2D eigenvalue weighted by atomic mass is 9.75. The van der Waals surface area contributed by atoms with Gasteiger partial charge in [-0.3, -0.25) is 0 Å². The molecule has 0 saturated heterocycles. The number of ether oxygens (including phenoxy) is 1. The lowest BCUT2D eigenvalue weighted by Crippen LogP contribution is -2.30. The van der Waals surface area contributed by atoms with Gasteiger partial charge in [0.25, 0.3) is 0 Å². The Balaban J connectivity index is 1.82. The second kappa shape index (κ2) is 6.59. The van der Waals surface area contributed by atoms with Gasteiger partial charge in [0.15, 0.2) is 0 Å². The number of para-hydroxylation sites is 2. The standard InChI is InChI=1S/C23H27NO/c1-4-25-21-14-6-5-9-20(21)23-19-13-8-11-17(19)18-12-7-10-16(15(2)3)22(18)24-23/h5-12,14-15,17,19,23-24H,4,13H2,1-3H3. The van der Waals surface area contributed by atoms with Crippen molar-refractivity contribution >= 4 is 5.69 Å². The second-order valence-electron chi connectivity index (χ2n) is 7.41. The number of benzene rings is 2. The SMILES string of the molecule is CCOc1ccccc1C1Nc2c(C(C)C)cccc2C2C=CCC21. The number of hydrogen-bond donors (Lipinski definition) is 1. The molecule has 25 heavy (non-hydrogen) atoms. The van der Waals surface area contributed by atoms with E-state index in [2.05, 4.69) is 80.7 Å². The summed E-state index contributed by atoms with van der Waals surface area (Å²) in [6.45, 7) is 7.30. The molecular weight excluding hydrogens is 306 g/mol. The Morgan fingerprint density at radius 2 is 1.88 bits per heavy atom. The quantitative estimate of drug-likeness (QED) is 0.689. The minimum Gasteiger partial charge on any atom is -0.494 e. The lowest BCUT2D eigenvalue weighted by Gasteiger charge is -2.39. The molecule has 2 aliphatic rings. The molecule has 2 aromatic rings. The first-order chi connectivity index (χ1) is 12.2. The molecule has 4 rings (SSSR count). The van der Waals surface area contributed by atoms with Crippen LogP contribution in [-0.4, -0.2) is 6.61 Å². The highest BCUT2D eigenvalue weighted by molar-refractivity contribution is 5.65. The molecule has 1 N–H and O–H groups in total. The zero-order valence-corrected chi connectivity index (χ0v) is 15.3. The highest BCUT2D eigenvalue weighted by Gasteiger charge is 2.39. The topological polar surface area (TPSA) is 21.3 Å². The first-order valence-corrected chi connectivity index (χ1v) is 9.48. The van der Waals surface area contributed by atoms with E-state index in [9.17, 15) is 0 Å². The van der Waals surface area contributed by atoms with Gasteiger partial charge in [0, 0.05) is 17.2 Å². The van der Waals surface area contributed by atoms with Crippen molar-refractivity contribution in [3.05, 3.63) is 71.3 Å². The van der Waals surface area contributed by atoms with Crippen LogP contribution < -0.4 is 10.1 Å². The molecule has 0 amide bonds. The highest BCUT2D eigenvalue weighted by Crippen LogP contribution is 2.52. The van der Waals surface area contributed by atoms with Crippen molar-refractivity contribution in [2.75, 3.05) is 11.9 Å². The fourth-order valence-corrected chi connectivity index (χ4v) is 4.46. The lowest BCUT2D eigenvalue weighted by molar-refractivity contribution is 0.326. The second-order valence-corrected chi connectivity index (χ2v) is 7.41. The zero-order valence-electron chi connectivity index (χ0n) is 15.3. The zero-order chi connectivity index (χ0) is 17.4. The monoisotopic (exact) mass is 333 g/mol. The van der Waals surface area contributed by atoms with Gasteiger partial charge in [-0.15, -0.1) is 0 Å². The Morgan fingerprint density at radius 3 is 2.68 bits per heavy atom. The maximum absolute atomic E-state index is 5.94. The number of nitrogens with one attached hydrogen (secondary N) is 1. The van der Waals surface area contributed by atoms with E-state index in [4.69, 9.17) is 4.74 Å². The minimum atomic E-state index is 0.287. The highest BCUT2D eigenvalue weighted by atomic mass is 16.5. The maximum Gasteiger partial charge on any atom is 0.124 e. The molecule has 3 atom stereocenters. The van der Waals surface area contributed by atoms with Crippen LogP contribution in [-0.2, 0) is 0 Å². The number of fused-ring (bicyclic) bond motifs is 3. The summed E-state index contributed by atoms with van der Waals surface area (Å²) in [5, 5.41) is 3.91. The molecule has 3 unspecified atom stereocenters. The Bertz CT molecular complexity index is 792. The van der Waals surface area contributed by atoms with E-state index in [-0.39, 0.29) is 6.04 Å². The van der Waals surface area contributed by atoms with Gasteiger partial charge in [0.2, 0.25) is 0 Å². The minimum absolute atomic E-state index is 0.287. The van der Waals surface area contributed by atoms with Gasteiger partial charge in [0.05, 0.1) is 12.6 Å². The number of allylic oxidation sites excluding steroid dienone is 2. The van der Waals surface area contributed by atoms with Crippen LogP contribution in [0.25, 0.3) is 0 Å². The van der Waals surface area contributed by atoms with E-state index in [1.54, 1.807) is 0 Å². The van der Waals surface area contributed by atoms with Crippen LogP contribution in [0, 0.1) is 5.92 Å². The van der Waals surface area contributed by atoms with Crippen molar-refractivity contribution < 1.29 is 4.74 Å². The molecular formula is C23H27NO. The van der Waals surface area contributed by atoms with Crippen molar-refractivity contribution in [1.29, 1.82) is 0 Å². The van der Waals surface area contributed by atoms with Gasteiger partial charge in [-0.1, -0.05) is 62.4 Å². The first kappa shape index (κ1) is 16.3. The average Bonchev–Trinajstić information content (AvgIpc) is 3.11. The molecule has 0 spiro atoms. The number of hydrogen-bond acceptors (Lipinski definition) is 2. The smallest absolute Gasteiger partial charge is 0.124 e. The third-order valence-electron chi connectivity index (χ3n) is 5.60. The Morgan fingerprint density at radius 1 is 1.08 bits per heavy atom. The van der Waals surface area contributed by atoms with E-state index in [1.165, 1.54) is 22.4 Å². The molecule has 2 heteroatoms. The van der Waals surface area contributed by atoms with Gasteiger partial charge in [-0.25, -0.2) is 0 Å². The van der Waals surface area contributed by atoms with E-state index < -0.39 is 0 Å². The summed E-state index contributed by atoms with van der Waals surface area (Å²) in [5.41, 5.74) is 5.49. The number of anilines is 1. The molecule has 2 aromatic carbocycles. The van der Waals surface area contributed by atoms with Crippen LogP contribution in [0.3, 0.4) is 0 Å². The molecule has 2 nitrogen and oxygen atoms in total. The van der Waals surface area contributed by atoms with Crippen LogP contribution >= 0.6 is 0 Å². The van der Waals surface area contributed by atoms with Crippen LogP contribution in [0.4, 0.5) is 5.69 Å². The normalized spacial score (nSPS) is 23.9. The Kier molecular flexibility index (Phi) is 4.29. The first-order valence-electron chi connectivity index (χ1n) is 9.48. The van der Waals surface area contributed by atoms with Crippen LogP contribution in [0.5, 0.6) is 5.75 Å². The average molecular weight is 333 g/mol. The summed E-state index contributed by atoms with van der Waals surface area (Å²) >= 11 is 0. The summed E-state index contributed by atoms with van der Waals surface area (Å²) in [4.78, 5) is 0. The van der Waals surface area contributed by atoms with Gasteiger partial charge in [-0.05, 0) is 42.4 Å². The molecule has 0 fully saturated rings. The van der Waals surface area contributed by atoms with Crippen molar-refractivity contribution in [3.8, 4) is 5.75 Å². The van der Waals surface area contributed by atoms with Crippen molar-refractivity contribution in [2.24, 2.45) is 5.92 Å². The molecule has 1 heterocycles. The Hall–Kier alpha value is -2.22. The van der Waals surface area contributed by atoms with Crippen LogP contribution in [0.1, 0.15) is 61.8 Å². The molecule has 0 bridgehead atoms. The van der Waals surface area contributed by atoms with E-state index in [1.807, 2.05) is 0 Å². The largest absolute Gasteiger partial charge is 0.494 e. The summed E-state index contributed by atoms with van der Waals surface area (Å²) in [6, 6.07) is 15.6. The van der Waals surface area contributed by atoms with Gasteiger partial charge in [-0.2, -0.15) is 0 Å². The molecule has 0 saturated carbocycles. The van der Waals surface area contributed by atoms with Gasteiger partial charge < -0.3 is 10.1 Å². The van der Waals surface area contributed by atoms with Crippen LogP contribution in [0.2, 0.25) is 0 Å². The Labute approximate surface area is 150 Å². The third-order valence-corrected chi connectivity index (χ3v) is 5.60. The van der Waals surface area contributed by atoms with E-state index in [0.717, 1.165) is 12.2 Å². The predicted octanol–water partition coefficient (Wildman–Crippen LogP) is 6.04. The fraction of sp³-hybridized carbons (Fsp3) is 0.391. The predicted molar refractivity (Wildman–Crippen MR) is 104 cm³/mol. The number of rotatable bonds is 4. The summed E-state index contributed by atoms with van der Waals surface area (Å²) in [6.07, 6.45) is 5.88. The molecule has 1 aliphatic heterocycles. The van der Waals surface area contributed by atoms with E-state index in [0.29, 0.717) is 24.4 Å². The summed E-state index contributed by atoms with van der Waals surface area (Å²) in [5.74, 6) is 2.57. The van der Waals surface area contributed by atoms with Crippen molar-refractivity contribution in [2.45, 2.75) is 45.1 Å². The molecule has 0 radical (unpaired) electrons. The summed E-state index contributed by atoms with van der Waals surface area (Å²) in [7, 11) is 0. The van der Waals surface area contributed by atoms with Crippen molar-refractivity contribution in [1.82, 2.24) is 0 Å². The molecule has 0 aromatic heterocycles. The fourth-order valence-electron chi connectivity index (χ4n) is 4.46. The molecule has 1 aliphatic carbocycles. The maximum atomic E-state index is 5.94. The van der Waals surface area contributed by atoms with Crippen LogP contribution in [0.15, 0.2) is 54.6 Å². The van der Waals surface area contributed by atoms with Crippen molar-refractivity contribution in [3.63, 3.8) is 0 Å². The third kappa shape index (κ3) is 2.74.